The van der Waals surface area contributed by atoms with Gasteiger partial charge in [0, 0.05) is 18.0 Å². The number of halogens is 2. The minimum Gasteiger partial charge on any atom is -0.496 e. The van der Waals surface area contributed by atoms with E-state index in [0.717, 1.165) is 16.9 Å². The second kappa shape index (κ2) is 6.99. The highest BCUT2D eigenvalue weighted by atomic mass is 35.5. The topological polar surface area (TPSA) is 55.5 Å². The zero-order valence-corrected chi connectivity index (χ0v) is 14.1. The van der Waals surface area contributed by atoms with Gasteiger partial charge in [-0.3, -0.25) is 0 Å². The van der Waals surface area contributed by atoms with Crippen molar-refractivity contribution in [1.82, 2.24) is 0 Å². The van der Waals surface area contributed by atoms with E-state index in [1.807, 2.05) is 25.1 Å². The van der Waals surface area contributed by atoms with E-state index < -0.39 is 6.10 Å². The summed E-state index contributed by atoms with van der Waals surface area (Å²) < 4.78 is 6.36. The molecule has 114 valence electrons. The van der Waals surface area contributed by atoms with Gasteiger partial charge in [-0.25, -0.2) is 0 Å². The second-order valence-electron chi connectivity index (χ2n) is 4.80. The number of ether oxygens (including phenoxy) is 1. The smallest absolute Gasteiger partial charge is 0.122 e. The number of aryl methyl sites for hydroxylation is 1. The van der Waals surface area contributed by atoms with Crippen molar-refractivity contribution in [2.45, 2.75) is 18.9 Å². The highest BCUT2D eigenvalue weighted by molar-refractivity contribution is 7.20. The fourth-order valence-corrected chi connectivity index (χ4v) is 3.82. The summed E-state index contributed by atoms with van der Waals surface area (Å²) >= 11 is 13.3. The fraction of sp³-hybridized carbons (Fsp3) is 0.333. The Morgan fingerprint density at radius 2 is 2.05 bits per heavy atom. The van der Waals surface area contributed by atoms with Crippen LogP contribution in [-0.4, -0.2) is 18.8 Å². The molecule has 0 saturated heterocycles. The molecule has 0 spiro atoms. The molecule has 0 fully saturated rings. The minimum absolute atomic E-state index is 0.275. The highest BCUT2D eigenvalue weighted by Gasteiger charge is 2.25. The molecule has 3 N–H and O–H groups in total. The van der Waals surface area contributed by atoms with Gasteiger partial charge in [-0.15, -0.1) is 11.3 Å². The largest absolute Gasteiger partial charge is 0.496 e. The van der Waals surface area contributed by atoms with Crippen LogP contribution in [0.15, 0.2) is 24.3 Å². The fourth-order valence-electron chi connectivity index (χ4n) is 2.29. The molecule has 1 heterocycles. The Labute approximate surface area is 138 Å². The molecule has 21 heavy (non-hydrogen) atoms. The van der Waals surface area contributed by atoms with Crippen molar-refractivity contribution in [3.05, 3.63) is 49.6 Å². The van der Waals surface area contributed by atoms with Gasteiger partial charge in [-0.05, 0) is 30.2 Å². The van der Waals surface area contributed by atoms with E-state index in [1.54, 1.807) is 13.2 Å². The van der Waals surface area contributed by atoms with Crippen LogP contribution in [0.2, 0.25) is 8.67 Å². The molecule has 0 amide bonds. The summed E-state index contributed by atoms with van der Waals surface area (Å²) in [6.07, 6.45) is -0.807. The number of thiophene rings is 1. The minimum atomic E-state index is -0.807. The van der Waals surface area contributed by atoms with Gasteiger partial charge in [0.15, 0.2) is 0 Å². The van der Waals surface area contributed by atoms with E-state index in [2.05, 4.69) is 0 Å². The summed E-state index contributed by atoms with van der Waals surface area (Å²) in [6.45, 7) is 2.25. The Morgan fingerprint density at radius 3 is 2.57 bits per heavy atom. The van der Waals surface area contributed by atoms with Crippen LogP contribution in [0, 0.1) is 6.92 Å². The summed E-state index contributed by atoms with van der Waals surface area (Å²) in [5.41, 5.74) is 8.41. The quantitative estimate of drug-likeness (QED) is 0.855. The van der Waals surface area contributed by atoms with Crippen LogP contribution in [0.4, 0.5) is 0 Å². The highest BCUT2D eigenvalue weighted by Crippen LogP contribution is 2.40. The van der Waals surface area contributed by atoms with Crippen molar-refractivity contribution in [2.24, 2.45) is 5.73 Å². The van der Waals surface area contributed by atoms with E-state index in [0.29, 0.717) is 14.2 Å². The maximum Gasteiger partial charge on any atom is 0.122 e. The maximum absolute atomic E-state index is 10.6. The van der Waals surface area contributed by atoms with Gasteiger partial charge in [-0.1, -0.05) is 35.3 Å². The molecule has 0 aliphatic heterocycles. The first-order valence-corrected chi connectivity index (χ1v) is 8.02. The molecular weight excluding hydrogens is 329 g/mol. The molecule has 3 nitrogen and oxygen atoms in total. The third-order valence-electron chi connectivity index (χ3n) is 3.50. The Hall–Kier alpha value is -0.780. The predicted molar refractivity (Wildman–Crippen MR) is 88.8 cm³/mol. The van der Waals surface area contributed by atoms with E-state index in [1.165, 1.54) is 11.3 Å². The number of rotatable bonds is 5. The molecule has 1 aromatic carbocycles. The van der Waals surface area contributed by atoms with Crippen molar-refractivity contribution < 1.29 is 9.84 Å². The lowest BCUT2D eigenvalue weighted by Gasteiger charge is -2.22. The van der Waals surface area contributed by atoms with Gasteiger partial charge < -0.3 is 15.6 Å². The second-order valence-corrected chi connectivity index (χ2v) is 7.08. The van der Waals surface area contributed by atoms with E-state index in [4.69, 9.17) is 33.7 Å². The monoisotopic (exact) mass is 345 g/mol. The Kier molecular flexibility index (Phi) is 5.52. The molecule has 0 aliphatic rings. The standard InChI is InChI=1S/C15H17Cl2NO2S/c1-8-3-4-9(5-12(8)20-2)11(7-18)14(19)10-6-13(16)21-15(10)17/h3-6,11,14,19H,7,18H2,1-2H3. The van der Waals surface area contributed by atoms with Crippen LogP contribution in [0.5, 0.6) is 5.75 Å². The van der Waals surface area contributed by atoms with Crippen molar-refractivity contribution in [3.8, 4) is 5.75 Å². The average molecular weight is 346 g/mol. The first-order chi connectivity index (χ1) is 9.97. The van der Waals surface area contributed by atoms with Gasteiger partial charge in [0.05, 0.1) is 17.6 Å². The molecule has 2 atom stereocenters. The third-order valence-corrected chi connectivity index (χ3v) is 5.02. The Balaban J connectivity index is 2.37. The van der Waals surface area contributed by atoms with Gasteiger partial charge in [0.2, 0.25) is 0 Å². The number of hydrogen-bond acceptors (Lipinski definition) is 4. The first kappa shape index (κ1) is 16.6. The van der Waals surface area contributed by atoms with Gasteiger partial charge in [0.1, 0.15) is 10.1 Å². The van der Waals surface area contributed by atoms with Gasteiger partial charge >= 0.3 is 0 Å². The Bertz CT molecular complexity index is 630. The molecule has 0 saturated carbocycles. The van der Waals surface area contributed by atoms with Crippen LogP contribution in [-0.2, 0) is 0 Å². The van der Waals surface area contributed by atoms with Crippen LogP contribution in [0.3, 0.4) is 0 Å². The van der Waals surface area contributed by atoms with Crippen LogP contribution in [0.1, 0.15) is 28.7 Å². The Morgan fingerprint density at radius 1 is 1.33 bits per heavy atom. The molecule has 0 bridgehead atoms. The van der Waals surface area contributed by atoms with E-state index in [9.17, 15) is 5.11 Å². The van der Waals surface area contributed by atoms with Crippen LogP contribution < -0.4 is 10.5 Å². The van der Waals surface area contributed by atoms with Crippen molar-refractivity contribution in [3.63, 3.8) is 0 Å². The molecule has 2 aromatic rings. The van der Waals surface area contributed by atoms with Crippen LogP contribution in [0.25, 0.3) is 0 Å². The number of benzene rings is 1. The lowest BCUT2D eigenvalue weighted by atomic mass is 9.89. The summed E-state index contributed by atoms with van der Waals surface area (Å²) in [5.74, 6) is 0.496. The summed E-state index contributed by atoms with van der Waals surface area (Å²) in [4.78, 5) is 0. The molecule has 0 aliphatic carbocycles. The maximum atomic E-state index is 10.6. The molecule has 2 unspecified atom stereocenters. The predicted octanol–water partition coefficient (Wildman–Crippen LogP) is 4.15. The van der Waals surface area contributed by atoms with Gasteiger partial charge in [-0.2, -0.15) is 0 Å². The third kappa shape index (κ3) is 3.52. The van der Waals surface area contributed by atoms with Crippen molar-refractivity contribution in [1.29, 1.82) is 0 Å². The summed E-state index contributed by atoms with van der Waals surface area (Å²) in [7, 11) is 1.62. The van der Waals surface area contributed by atoms with Crippen molar-refractivity contribution in [2.75, 3.05) is 13.7 Å². The number of aliphatic hydroxyl groups is 1. The number of methoxy groups -OCH3 is 1. The van der Waals surface area contributed by atoms with E-state index >= 15 is 0 Å². The molecule has 2 rings (SSSR count). The SMILES string of the molecule is COc1cc(C(CN)C(O)c2cc(Cl)sc2Cl)ccc1C. The van der Waals surface area contributed by atoms with Crippen LogP contribution >= 0.6 is 34.5 Å². The van der Waals surface area contributed by atoms with Crippen molar-refractivity contribution >= 4 is 34.5 Å². The normalized spacial score (nSPS) is 14.0. The molecule has 0 radical (unpaired) electrons. The summed E-state index contributed by atoms with van der Waals surface area (Å²) in [6, 6.07) is 7.48. The lowest BCUT2D eigenvalue weighted by molar-refractivity contribution is 0.148. The average Bonchev–Trinajstić information content (AvgIpc) is 2.80. The first-order valence-electron chi connectivity index (χ1n) is 6.45. The zero-order chi connectivity index (χ0) is 15.6. The summed E-state index contributed by atoms with van der Waals surface area (Å²) in [5, 5.41) is 10.6. The zero-order valence-electron chi connectivity index (χ0n) is 11.8. The number of aliphatic hydroxyl groups excluding tert-OH is 1. The molecular formula is C15H17Cl2NO2S. The van der Waals surface area contributed by atoms with E-state index in [-0.39, 0.29) is 12.5 Å². The molecule has 1 aromatic heterocycles. The molecule has 6 heteroatoms. The number of nitrogens with two attached hydrogens (primary N) is 1. The number of hydrogen-bond donors (Lipinski definition) is 2. The lowest BCUT2D eigenvalue weighted by Crippen LogP contribution is -2.20. The van der Waals surface area contributed by atoms with Gasteiger partial charge in [0.25, 0.3) is 0 Å².